The Hall–Kier alpha value is -1.05. The van der Waals surface area contributed by atoms with Crippen molar-refractivity contribution in [1.82, 2.24) is 9.78 Å². The first-order valence-corrected chi connectivity index (χ1v) is 6.05. The van der Waals surface area contributed by atoms with Gasteiger partial charge >= 0.3 is 0 Å². The molecule has 1 saturated carbocycles. The maximum absolute atomic E-state index is 4.64. The molecular formula is C13H20N2. The van der Waals surface area contributed by atoms with Gasteiger partial charge < -0.3 is 0 Å². The molecule has 0 amide bonds. The van der Waals surface area contributed by atoms with Gasteiger partial charge in [0.2, 0.25) is 0 Å². The van der Waals surface area contributed by atoms with E-state index in [9.17, 15) is 0 Å². The minimum atomic E-state index is 0.663. The van der Waals surface area contributed by atoms with Crippen molar-refractivity contribution in [2.45, 2.75) is 51.0 Å². The van der Waals surface area contributed by atoms with Crippen LogP contribution >= 0.6 is 0 Å². The number of rotatable bonds is 4. The molecule has 1 aliphatic carbocycles. The van der Waals surface area contributed by atoms with Crippen molar-refractivity contribution >= 4 is 0 Å². The van der Waals surface area contributed by atoms with Gasteiger partial charge in [0.05, 0.1) is 11.7 Å². The topological polar surface area (TPSA) is 17.8 Å². The van der Waals surface area contributed by atoms with Crippen molar-refractivity contribution in [3.8, 4) is 0 Å². The molecule has 0 aromatic carbocycles. The molecule has 1 aliphatic rings. The Morgan fingerprint density at radius 1 is 1.40 bits per heavy atom. The largest absolute Gasteiger partial charge is 0.269 e. The average molecular weight is 204 g/mol. The first-order valence-electron chi connectivity index (χ1n) is 6.05. The zero-order valence-corrected chi connectivity index (χ0v) is 9.36. The summed E-state index contributed by atoms with van der Waals surface area (Å²) in [5.41, 5.74) is 1.21. The number of hydrogen-bond donors (Lipinski definition) is 0. The van der Waals surface area contributed by atoms with Crippen LogP contribution in [0.25, 0.3) is 0 Å². The molecule has 2 heteroatoms. The normalized spacial score (nSPS) is 17.9. The van der Waals surface area contributed by atoms with Crippen LogP contribution in [0.3, 0.4) is 0 Å². The van der Waals surface area contributed by atoms with Crippen molar-refractivity contribution in [2.75, 3.05) is 0 Å². The zero-order valence-electron chi connectivity index (χ0n) is 9.36. The van der Waals surface area contributed by atoms with Crippen LogP contribution in [-0.2, 0) is 6.42 Å². The molecule has 0 unspecified atom stereocenters. The Morgan fingerprint density at radius 3 is 2.93 bits per heavy atom. The Bertz CT molecular complexity index is 308. The molecule has 0 bridgehead atoms. The highest BCUT2D eigenvalue weighted by molar-refractivity contribution is 5.01. The number of allylic oxidation sites excluding steroid dienone is 1. The van der Waals surface area contributed by atoms with Gasteiger partial charge in [0.25, 0.3) is 0 Å². The van der Waals surface area contributed by atoms with Gasteiger partial charge in [-0.15, -0.1) is 6.58 Å². The van der Waals surface area contributed by atoms with E-state index < -0.39 is 0 Å². The van der Waals surface area contributed by atoms with E-state index in [0.29, 0.717) is 6.04 Å². The molecule has 1 fully saturated rings. The van der Waals surface area contributed by atoms with Gasteiger partial charge in [-0.3, -0.25) is 4.68 Å². The minimum Gasteiger partial charge on any atom is -0.269 e. The second kappa shape index (κ2) is 5.15. The van der Waals surface area contributed by atoms with Crippen LogP contribution in [-0.4, -0.2) is 9.78 Å². The number of aromatic nitrogens is 2. The molecule has 82 valence electrons. The van der Waals surface area contributed by atoms with Crippen LogP contribution < -0.4 is 0 Å². The summed E-state index contributed by atoms with van der Waals surface area (Å²) in [6, 6.07) is 2.81. The lowest BCUT2D eigenvalue weighted by Crippen LogP contribution is -2.13. The van der Waals surface area contributed by atoms with Crippen molar-refractivity contribution in [3.63, 3.8) is 0 Å². The summed E-state index contributed by atoms with van der Waals surface area (Å²) in [4.78, 5) is 0. The molecule has 0 atom stereocenters. The molecule has 15 heavy (non-hydrogen) atoms. The molecule has 1 heterocycles. The Balaban J connectivity index is 1.95. The van der Waals surface area contributed by atoms with Gasteiger partial charge in [-0.2, -0.15) is 5.10 Å². The average Bonchev–Trinajstić information content (AvgIpc) is 2.76. The number of aryl methyl sites for hydroxylation is 1. The predicted octanol–water partition coefficient (Wildman–Crippen LogP) is 3.51. The van der Waals surface area contributed by atoms with Crippen LogP contribution in [0.2, 0.25) is 0 Å². The third-order valence-electron chi connectivity index (χ3n) is 3.22. The molecule has 1 aromatic rings. The quantitative estimate of drug-likeness (QED) is 0.686. The minimum absolute atomic E-state index is 0.663. The van der Waals surface area contributed by atoms with Crippen LogP contribution in [0.1, 0.15) is 50.3 Å². The van der Waals surface area contributed by atoms with Gasteiger partial charge in [0, 0.05) is 6.20 Å². The highest BCUT2D eigenvalue weighted by atomic mass is 15.3. The molecule has 2 nitrogen and oxygen atoms in total. The second-order valence-corrected chi connectivity index (χ2v) is 4.41. The summed E-state index contributed by atoms with van der Waals surface area (Å²) in [5, 5.41) is 4.64. The second-order valence-electron chi connectivity index (χ2n) is 4.41. The lowest BCUT2D eigenvalue weighted by Gasteiger charge is -2.21. The molecule has 0 radical (unpaired) electrons. The smallest absolute Gasteiger partial charge is 0.0627 e. The number of hydrogen-bond acceptors (Lipinski definition) is 1. The fourth-order valence-electron chi connectivity index (χ4n) is 2.31. The van der Waals surface area contributed by atoms with Crippen molar-refractivity contribution < 1.29 is 0 Å². The lowest BCUT2D eigenvalue weighted by molar-refractivity contribution is 0.328. The van der Waals surface area contributed by atoms with E-state index in [1.165, 1.54) is 37.8 Å². The van der Waals surface area contributed by atoms with Gasteiger partial charge in [0.1, 0.15) is 0 Å². The van der Waals surface area contributed by atoms with E-state index in [0.717, 1.165) is 12.8 Å². The molecule has 0 spiro atoms. The molecule has 0 saturated heterocycles. The maximum atomic E-state index is 4.64. The SMILES string of the molecule is C=CCCc1ccn(C2CCCCC2)n1. The van der Waals surface area contributed by atoms with E-state index in [1.807, 2.05) is 6.08 Å². The van der Waals surface area contributed by atoms with Gasteiger partial charge in [-0.25, -0.2) is 0 Å². The van der Waals surface area contributed by atoms with Crippen molar-refractivity contribution in [2.24, 2.45) is 0 Å². The fourth-order valence-corrected chi connectivity index (χ4v) is 2.31. The van der Waals surface area contributed by atoms with E-state index in [1.54, 1.807) is 0 Å². The first kappa shape index (κ1) is 10.5. The molecular weight excluding hydrogens is 184 g/mol. The van der Waals surface area contributed by atoms with Crippen LogP contribution in [0.15, 0.2) is 24.9 Å². The summed E-state index contributed by atoms with van der Waals surface area (Å²) in [6.07, 6.45) is 12.9. The monoisotopic (exact) mass is 204 g/mol. The molecule has 0 aliphatic heterocycles. The Morgan fingerprint density at radius 2 is 2.20 bits per heavy atom. The van der Waals surface area contributed by atoms with Crippen molar-refractivity contribution in [3.05, 3.63) is 30.6 Å². The maximum Gasteiger partial charge on any atom is 0.0627 e. The summed E-state index contributed by atoms with van der Waals surface area (Å²) in [5.74, 6) is 0. The standard InChI is InChI=1S/C13H20N2/c1-2-3-7-12-10-11-15(14-12)13-8-5-4-6-9-13/h2,10-11,13H,1,3-9H2. The van der Waals surface area contributed by atoms with Crippen LogP contribution in [0.5, 0.6) is 0 Å². The first-order chi connectivity index (χ1) is 7.40. The third-order valence-corrected chi connectivity index (χ3v) is 3.22. The predicted molar refractivity (Wildman–Crippen MR) is 62.9 cm³/mol. The van der Waals surface area contributed by atoms with Gasteiger partial charge in [0.15, 0.2) is 0 Å². The van der Waals surface area contributed by atoms with Crippen LogP contribution in [0.4, 0.5) is 0 Å². The van der Waals surface area contributed by atoms with Gasteiger partial charge in [-0.1, -0.05) is 25.3 Å². The summed E-state index contributed by atoms with van der Waals surface area (Å²) in [7, 11) is 0. The number of nitrogens with zero attached hydrogens (tertiary/aromatic N) is 2. The van der Waals surface area contributed by atoms with E-state index in [4.69, 9.17) is 0 Å². The van der Waals surface area contributed by atoms with Crippen LogP contribution in [0, 0.1) is 0 Å². The molecule has 2 rings (SSSR count). The molecule has 0 N–H and O–H groups in total. The summed E-state index contributed by atoms with van der Waals surface area (Å²) < 4.78 is 2.18. The summed E-state index contributed by atoms with van der Waals surface area (Å²) in [6.45, 7) is 3.74. The zero-order chi connectivity index (χ0) is 10.5. The van der Waals surface area contributed by atoms with Crippen molar-refractivity contribution in [1.29, 1.82) is 0 Å². The lowest BCUT2D eigenvalue weighted by atomic mass is 9.96. The highest BCUT2D eigenvalue weighted by Gasteiger charge is 2.15. The highest BCUT2D eigenvalue weighted by Crippen LogP contribution is 2.27. The van der Waals surface area contributed by atoms with E-state index in [-0.39, 0.29) is 0 Å². The molecule has 1 aromatic heterocycles. The Kier molecular flexibility index (Phi) is 3.59. The summed E-state index contributed by atoms with van der Waals surface area (Å²) >= 11 is 0. The fraction of sp³-hybridized carbons (Fsp3) is 0.615. The Labute approximate surface area is 92.0 Å². The van der Waals surface area contributed by atoms with E-state index in [2.05, 4.69) is 28.6 Å². The van der Waals surface area contributed by atoms with Gasteiger partial charge in [-0.05, 0) is 31.7 Å². The third kappa shape index (κ3) is 2.71. The van der Waals surface area contributed by atoms with E-state index >= 15 is 0 Å².